The van der Waals surface area contributed by atoms with E-state index in [1.165, 1.54) is 17.5 Å². The Kier molecular flexibility index (Phi) is 4.82. The maximum absolute atomic E-state index is 12.2. The van der Waals surface area contributed by atoms with Crippen LogP contribution in [0, 0.1) is 11.8 Å². The van der Waals surface area contributed by atoms with Gasteiger partial charge < -0.3 is 10.0 Å². The van der Waals surface area contributed by atoms with E-state index in [0.29, 0.717) is 17.8 Å². The molecule has 1 amide bonds. The SMILES string of the molecule is CN(Cc1cscn1)C(=O)c1ccc(C#CCO)cn1. The van der Waals surface area contributed by atoms with Crippen molar-refractivity contribution in [3.05, 3.63) is 46.2 Å². The number of thiazole rings is 1. The van der Waals surface area contributed by atoms with Crippen LogP contribution in [0.2, 0.25) is 0 Å². The first-order chi connectivity index (χ1) is 9.70. The summed E-state index contributed by atoms with van der Waals surface area (Å²) in [6, 6.07) is 3.33. The Morgan fingerprint density at radius 2 is 2.30 bits per heavy atom. The van der Waals surface area contributed by atoms with Gasteiger partial charge in [0.2, 0.25) is 0 Å². The lowest BCUT2D eigenvalue weighted by Gasteiger charge is -2.15. The molecule has 0 aliphatic heterocycles. The standard InChI is InChI=1S/C14H13N3O2S/c1-17(8-12-9-20-10-16-12)14(19)13-5-4-11(7-15-13)3-2-6-18/h4-5,7,9-10,18H,6,8H2,1H3. The number of pyridine rings is 1. The summed E-state index contributed by atoms with van der Waals surface area (Å²) in [7, 11) is 1.71. The molecular weight excluding hydrogens is 274 g/mol. The van der Waals surface area contributed by atoms with Crippen LogP contribution in [0.15, 0.2) is 29.2 Å². The van der Waals surface area contributed by atoms with Crippen molar-refractivity contribution in [1.82, 2.24) is 14.9 Å². The smallest absolute Gasteiger partial charge is 0.272 e. The lowest BCUT2D eigenvalue weighted by atomic mass is 10.2. The molecule has 0 aromatic carbocycles. The second-order valence-corrected chi connectivity index (χ2v) is 4.75. The third-order valence-corrected chi connectivity index (χ3v) is 3.16. The molecule has 6 heteroatoms. The van der Waals surface area contributed by atoms with Gasteiger partial charge in [0.25, 0.3) is 5.91 Å². The van der Waals surface area contributed by atoms with Crippen molar-refractivity contribution < 1.29 is 9.90 Å². The maximum Gasteiger partial charge on any atom is 0.272 e. The van der Waals surface area contributed by atoms with Crippen molar-refractivity contribution in [2.45, 2.75) is 6.54 Å². The molecule has 0 spiro atoms. The van der Waals surface area contributed by atoms with Gasteiger partial charge in [0.1, 0.15) is 12.3 Å². The van der Waals surface area contributed by atoms with Gasteiger partial charge in [-0.15, -0.1) is 11.3 Å². The second kappa shape index (κ2) is 6.80. The molecule has 2 heterocycles. The van der Waals surface area contributed by atoms with Crippen molar-refractivity contribution in [2.75, 3.05) is 13.7 Å². The zero-order valence-electron chi connectivity index (χ0n) is 10.9. The molecule has 0 bridgehead atoms. The van der Waals surface area contributed by atoms with Crippen molar-refractivity contribution in [3.63, 3.8) is 0 Å². The summed E-state index contributed by atoms with van der Waals surface area (Å²) >= 11 is 1.50. The first kappa shape index (κ1) is 14.2. The Morgan fingerprint density at radius 3 is 2.90 bits per heavy atom. The fourth-order valence-corrected chi connectivity index (χ4v) is 2.11. The summed E-state index contributed by atoms with van der Waals surface area (Å²) in [6.07, 6.45) is 1.52. The molecule has 0 fully saturated rings. The van der Waals surface area contributed by atoms with Crippen molar-refractivity contribution in [1.29, 1.82) is 0 Å². The molecule has 1 N–H and O–H groups in total. The van der Waals surface area contributed by atoms with Crippen LogP contribution in [0.25, 0.3) is 0 Å². The zero-order valence-corrected chi connectivity index (χ0v) is 11.7. The van der Waals surface area contributed by atoms with E-state index in [1.807, 2.05) is 5.38 Å². The Labute approximate surface area is 120 Å². The molecular formula is C14H13N3O2S. The average Bonchev–Trinajstić information content (AvgIpc) is 2.97. The second-order valence-electron chi connectivity index (χ2n) is 4.03. The Bertz CT molecular complexity index is 627. The minimum atomic E-state index is -0.197. The molecule has 20 heavy (non-hydrogen) atoms. The van der Waals surface area contributed by atoms with Crippen molar-refractivity contribution >= 4 is 17.2 Å². The van der Waals surface area contributed by atoms with Crippen LogP contribution in [0.1, 0.15) is 21.7 Å². The Hall–Kier alpha value is -2.23. The lowest BCUT2D eigenvalue weighted by Crippen LogP contribution is -2.27. The Morgan fingerprint density at radius 1 is 1.45 bits per heavy atom. The minimum absolute atomic E-state index is 0.167. The number of rotatable bonds is 3. The Balaban J connectivity index is 2.05. The number of amides is 1. The largest absolute Gasteiger partial charge is 0.384 e. The van der Waals surface area contributed by atoms with Crippen LogP contribution in [0.3, 0.4) is 0 Å². The fraction of sp³-hybridized carbons (Fsp3) is 0.214. The molecule has 0 aliphatic carbocycles. The van der Waals surface area contributed by atoms with Crippen molar-refractivity contribution in [3.8, 4) is 11.8 Å². The van der Waals surface area contributed by atoms with Gasteiger partial charge in [-0.25, -0.2) is 9.97 Å². The average molecular weight is 287 g/mol. The van der Waals surface area contributed by atoms with Gasteiger partial charge in [-0.2, -0.15) is 0 Å². The molecule has 2 aromatic heterocycles. The quantitative estimate of drug-likeness (QED) is 0.860. The van der Waals surface area contributed by atoms with E-state index in [0.717, 1.165) is 5.69 Å². The predicted octanol–water partition coefficient (Wildman–Crippen LogP) is 1.15. The van der Waals surface area contributed by atoms with Crippen LogP contribution in [0.4, 0.5) is 0 Å². The van der Waals surface area contributed by atoms with E-state index in [2.05, 4.69) is 21.8 Å². The van der Waals surface area contributed by atoms with Gasteiger partial charge >= 0.3 is 0 Å². The molecule has 0 saturated heterocycles. The minimum Gasteiger partial charge on any atom is -0.384 e. The summed E-state index contributed by atoms with van der Waals surface area (Å²) in [4.78, 5) is 22.0. The highest BCUT2D eigenvalue weighted by molar-refractivity contribution is 7.07. The van der Waals surface area contributed by atoms with Crippen LogP contribution in [-0.2, 0) is 6.54 Å². The maximum atomic E-state index is 12.2. The highest BCUT2D eigenvalue weighted by atomic mass is 32.1. The van der Waals surface area contributed by atoms with E-state index in [-0.39, 0.29) is 12.5 Å². The molecule has 0 saturated carbocycles. The monoisotopic (exact) mass is 287 g/mol. The zero-order chi connectivity index (χ0) is 14.4. The predicted molar refractivity (Wildman–Crippen MR) is 76.1 cm³/mol. The summed E-state index contributed by atoms with van der Waals surface area (Å²) in [6.45, 7) is 0.257. The number of aromatic nitrogens is 2. The molecule has 0 aliphatic rings. The number of carbonyl (C=O) groups is 1. The van der Waals surface area contributed by atoms with E-state index in [1.54, 1.807) is 29.6 Å². The van der Waals surface area contributed by atoms with Gasteiger partial charge in [0, 0.05) is 24.2 Å². The molecule has 0 atom stereocenters. The summed E-state index contributed by atoms with van der Waals surface area (Å²) in [5.41, 5.74) is 3.62. The summed E-state index contributed by atoms with van der Waals surface area (Å²) in [5, 5.41) is 10.5. The number of hydrogen-bond donors (Lipinski definition) is 1. The van der Waals surface area contributed by atoms with Gasteiger partial charge in [-0.1, -0.05) is 11.8 Å². The lowest BCUT2D eigenvalue weighted by molar-refractivity contribution is 0.0778. The van der Waals surface area contributed by atoms with Crippen LogP contribution >= 0.6 is 11.3 Å². The van der Waals surface area contributed by atoms with E-state index < -0.39 is 0 Å². The third kappa shape index (κ3) is 3.63. The molecule has 102 valence electrons. The van der Waals surface area contributed by atoms with Crippen molar-refractivity contribution in [2.24, 2.45) is 0 Å². The van der Waals surface area contributed by atoms with Crippen LogP contribution in [0.5, 0.6) is 0 Å². The molecule has 2 rings (SSSR count). The van der Waals surface area contributed by atoms with Gasteiger partial charge in [0.05, 0.1) is 17.7 Å². The molecule has 2 aromatic rings. The number of aliphatic hydroxyl groups excluding tert-OH is 1. The molecule has 5 nitrogen and oxygen atoms in total. The first-order valence-corrected chi connectivity index (χ1v) is 6.83. The number of aliphatic hydroxyl groups is 1. The topological polar surface area (TPSA) is 66.3 Å². The van der Waals surface area contributed by atoms with Gasteiger partial charge in [0.15, 0.2) is 0 Å². The van der Waals surface area contributed by atoms with E-state index in [9.17, 15) is 4.79 Å². The van der Waals surface area contributed by atoms with E-state index >= 15 is 0 Å². The van der Waals surface area contributed by atoms with E-state index in [4.69, 9.17) is 5.11 Å². The van der Waals surface area contributed by atoms with Gasteiger partial charge in [-0.3, -0.25) is 4.79 Å². The van der Waals surface area contributed by atoms with Gasteiger partial charge in [-0.05, 0) is 12.1 Å². The van der Waals surface area contributed by atoms with Crippen LogP contribution < -0.4 is 0 Å². The molecule has 0 radical (unpaired) electrons. The highest BCUT2D eigenvalue weighted by Gasteiger charge is 2.13. The number of hydrogen-bond acceptors (Lipinski definition) is 5. The fourth-order valence-electron chi connectivity index (χ4n) is 1.56. The molecule has 0 unspecified atom stereocenters. The van der Waals surface area contributed by atoms with Crippen LogP contribution in [-0.4, -0.2) is 39.5 Å². The number of nitrogens with zero attached hydrogens (tertiary/aromatic N) is 3. The summed E-state index contributed by atoms with van der Waals surface area (Å²) in [5.74, 6) is 5.09. The summed E-state index contributed by atoms with van der Waals surface area (Å²) < 4.78 is 0. The third-order valence-electron chi connectivity index (χ3n) is 2.52. The first-order valence-electron chi connectivity index (χ1n) is 5.89. The number of carbonyl (C=O) groups excluding carboxylic acids is 1. The normalized spacial score (nSPS) is 9.70. The highest BCUT2D eigenvalue weighted by Crippen LogP contribution is 2.08.